The van der Waals surface area contributed by atoms with E-state index in [1.54, 1.807) is 36.3 Å². The molecule has 234 valence electrons. The van der Waals surface area contributed by atoms with E-state index >= 15 is 0 Å². The number of carbonyl (C=O) groups is 1. The van der Waals surface area contributed by atoms with Crippen LogP contribution < -0.4 is 14.2 Å². The topological polar surface area (TPSA) is 85.5 Å². The van der Waals surface area contributed by atoms with Crippen molar-refractivity contribution in [2.75, 3.05) is 27.9 Å². The molecule has 45 heavy (non-hydrogen) atoms. The van der Waals surface area contributed by atoms with E-state index in [1.807, 2.05) is 54.7 Å². The normalized spacial score (nSPS) is 11.2. The van der Waals surface area contributed by atoms with Gasteiger partial charge in [0.2, 0.25) is 0 Å². The smallest absolute Gasteiger partial charge is 0.255 e. The number of aromatic nitrogens is 2. The number of fused-ring (bicyclic) bond motifs is 1. The minimum Gasteiger partial charge on any atom is -0.507 e. The second-order valence-corrected chi connectivity index (χ2v) is 11.6. The molecule has 0 radical (unpaired) electrons. The lowest BCUT2D eigenvalue weighted by atomic mass is 9.98. The first kappa shape index (κ1) is 31.7. The highest BCUT2D eigenvalue weighted by molar-refractivity contribution is 6.35. The largest absolute Gasteiger partial charge is 0.507 e. The van der Waals surface area contributed by atoms with Gasteiger partial charge in [0.15, 0.2) is 11.5 Å². The van der Waals surface area contributed by atoms with Gasteiger partial charge in [-0.3, -0.25) is 4.79 Å². The number of carbonyl (C=O) groups excluding carboxylic acids is 1. The van der Waals surface area contributed by atoms with Gasteiger partial charge in [0.25, 0.3) is 5.91 Å². The minimum absolute atomic E-state index is 0.206. The molecule has 0 atom stereocenters. The Kier molecular flexibility index (Phi) is 9.83. The molecular weight excluding hydrogens is 590 g/mol. The minimum atomic E-state index is -0.219. The standard InChI is InChI=1S/C36H38ClN3O5/c1-23(2)17-19-39(36(42)27-14-16-32(44-4)35(45-5)34(27)37)22-28-29(40-18-9-8-12-33(40)38-28)21-25-20-24(13-15-31(25)43-3)26-10-6-7-11-30(26)41/h6-16,18,20,23,41H,17,19,21-22H2,1-5H3. The van der Waals surface area contributed by atoms with Crippen LogP contribution in [0.2, 0.25) is 5.02 Å². The Morgan fingerprint density at radius 3 is 2.40 bits per heavy atom. The third kappa shape index (κ3) is 6.71. The number of phenolic OH excluding ortho intramolecular Hbond substituents is 1. The molecule has 3 aromatic carbocycles. The number of imidazole rings is 1. The Bertz CT molecular complexity index is 1820. The number of pyridine rings is 1. The predicted octanol–water partition coefficient (Wildman–Crippen LogP) is 7.67. The summed E-state index contributed by atoms with van der Waals surface area (Å²) < 4.78 is 18.7. The number of hydrogen-bond donors (Lipinski definition) is 1. The summed E-state index contributed by atoms with van der Waals surface area (Å²) in [5, 5.41) is 10.7. The number of methoxy groups -OCH3 is 3. The first-order chi connectivity index (χ1) is 21.7. The summed E-state index contributed by atoms with van der Waals surface area (Å²) in [6, 6.07) is 22.4. The Labute approximate surface area is 268 Å². The maximum atomic E-state index is 14.1. The zero-order chi connectivity index (χ0) is 32.1. The fourth-order valence-electron chi connectivity index (χ4n) is 5.46. The average Bonchev–Trinajstić information content (AvgIpc) is 3.39. The van der Waals surface area contributed by atoms with Crippen LogP contribution in [0, 0.1) is 5.92 Å². The van der Waals surface area contributed by atoms with E-state index in [0.29, 0.717) is 35.9 Å². The molecule has 0 saturated heterocycles. The van der Waals surface area contributed by atoms with Gasteiger partial charge >= 0.3 is 0 Å². The number of rotatable bonds is 12. The van der Waals surface area contributed by atoms with Crippen LogP contribution in [-0.2, 0) is 13.0 Å². The summed E-state index contributed by atoms with van der Waals surface area (Å²) in [7, 11) is 4.68. The van der Waals surface area contributed by atoms with Crippen LogP contribution in [0.1, 0.15) is 47.6 Å². The zero-order valence-corrected chi connectivity index (χ0v) is 27.0. The molecule has 0 aliphatic heterocycles. The highest BCUT2D eigenvalue weighted by Crippen LogP contribution is 2.38. The van der Waals surface area contributed by atoms with E-state index in [2.05, 4.69) is 18.2 Å². The molecule has 0 aliphatic rings. The van der Waals surface area contributed by atoms with Crippen molar-refractivity contribution in [3.05, 3.63) is 107 Å². The molecule has 5 aromatic rings. The Morgan fingerprint density at radius 2 is 1.69 bits per heavy atom. The number of para-hydroxylation sites is 1. The van der Waals surface area contributed by atoms with Crippen molar-refractivity contribution in [1.82, 2.24) is 14.3 Å². The maximum absolute atomic E-state index is 14.1. The number of ether oxygens (including phenoxy) is 3. The lowest BCUT2D eigenvalue weighted by Crippen LogP contribution is -2.33. The highest BCUT2D eigenvalue weighted by Gasteiger charge is 2.26. The monoisotopic (exact) mass is 627 g/mol. The molecule has 2 heterocycles. The van der Waals surface area contributed by atoms with Crippen molar-refractivity contribution in [3.63, 3.8) is 0 Å². The fraction of sp³-hybridized carbons (Fsp3) is 0.278. The molecule has 0 aliphatic carbocycles. The van der Waals surface area contributed by atoms with E-state index in [-0.39, 0.29) is 23.2 Å². The van der Waals surface area contributed by atoms with E-state index in [4.69, 9.17) is 30.8 Å². The second kappa shape index (κ2) is 13.9. The molecule has 8 nitrogen and oxygen atoms in total. The first-order valence-corrected chi connectivity index (χ1v) is 15.2. The van der Waals surface area contributed by atoms with Crippen LogP contribution >= 0.6 is 11.6 Å². The molecule has 9 heteroatoms. The average molecular weight is 628 g/mol. The van der Waals surface area contributed by atoms with Gasteiger partial charge in [-0.1, -0.05) is 55.8 Å². The number of hydrogen-bond acceptors (Lipinski definition) is 6. The molecule has 2 aromatic heterocycles. The second-order valence-electron chi connectivity index (χ2n) is 11.2. The summed E-state index contributed by atoms with van der Waals surface area (Å²) >= 11 is 6.71. The number of aromatic hydroxyl groups is 1. The predicted molar refractivity (Wildman–Crippen MR) is 177 cm³/mol. The van der Waals surface area contributed by atoms with E-state index in [0.717, 1.165) is 45.9 Å². The fourth-order valence-corrected chi connectivity index (χ4v) is 5.78. The van der Waals surface area contributed by atoms with Crippen LogP contribution in [0.25, 0.3) is 16.8 Å². The summed E-state index contributed by atoms with van der Waals surface area (Å²) in [6.45, 7) is 5.05. The van der Waals surface area contributed by atoms with Gasteiger partial charge in [-0.25, -0.2) is 4.98 Å². The van der Waals surface area contributed by atoms with Crippen LogP contribution in [0.3, 0.4) is 0 Å². The lowest BCUT2D eigenvalue weighted by Gasteiger charge is -2.25. The number of phenols is 1. The summed E-state index contributed by atoms with van der Waals surface area (Å²) in [5.41, 5.74) is 5.34. The van der Waals surface area contributed by atoms with Crippen molar-refractivity contribution in [3.8, 4) is 34.1 Å². The van der Waals surface area contributed by atoms with Crippen LogP contribution in [0.5, 0.6) is 23.0 Å². The third-order valence-electron chi connectivity index (χ3n) is 7.88. The Hall–Kier alpha value is -4.69. The van der Waals surface area contributed by atoms with E-state index in [9.17, 15) is 9.90 Å². The van der Waals surface area contributed by atoms with Gasteiger partial charge in [-0.15, -0.1) is 0 Å². The summed E-state index contributed by atoms with van der Waals surface area (Å²) in [5.74, 6) is 1.86. The van der Waals surface area contributed by atoms with Crippen LogP contribution in [0.15, 0.2) is 79.0 Å². The number of nitrogens with zero attached hydrogens (tertiary/aromatic N) is 3. The van der Waals surface area contributed by atoms with E-state index < -0.39 is 0 Å². The third-order valence-corrected chi connectivity index (χ3v) is 8.26. The Morgan fingerprint density at radius 1 is 0.956 bits per heavy atom. The molecule has 5 rings (SSSR count). The molecule has 0 spiro atoms. The van der Waals surface area contributed by atoms with Gasteiger partial charge in [-0.05, 0) is 60.4 Å². The van der Waals surface area contributed by atoms with Crippen LogP contribution in [-0.4, -0.2) is 53.2 Å². The van der Waals surface area contributed by atoms with E-state index in [1.165, 1.54) is 14.2 Å². The van der Waals surface area contributed by atoms with Crippen molar-refractivity contribution >= 4 is 23.2 Å². The molecule has 1 N–H and O–H groups in total. The zero-order valence-electron chi connectivity index (χ0n) is 26.2. The molecule has 0 bridgehead atoms. The molecule has 0 unspecified atom stereocenters. The van der Waals surface area contributed by atoms with Gasteiger partial charge in [0.05, 0.1) is 49.8 Å². The first-order valence-electron chi connectivity index (χ1n) is 14.9. The summed E-state index contributed by atoms with van der Waals surface area (Å²) in [4.78, 5) is 20.9. The number of amides is 1. The SMILES string of the molecule is COc1ccc(-c2ccccc2O)cc1Cc1c(CN(CCC(C)C)C(=O)c2ccc(OC)c(OC)c2Cl)nc2ccccn12. The Balaban J connectivity index is 1.57. The number of benzene rings is 3. The highest BCUT2D eigenvalue weighted by atomic mass is 35.5. The lowest BCUT2D eigenvalue weighted by molar-refractivity contribution is 0.0733. The van der Waals surface area contributed by atoms with Gasteiger partial charge < -0.3 is 28.6 Å². The molecule has 0 fully saturated rings. The van der Waals surface area contributed by atoms with Crippen molar-refractivity contribution in [2.24, 2.45) is 5.92 Å². The molecular formula is C36H38ClN3O5. The quantitative estimate of drug-likeness (QED) is 0.153. The number of halogens is 1. The van der Waals surface area contributed by atoms with Crippen molar-refractivity contribution in [2.45, 2.75) is 33.2 Å². The van der Waals surface area contributed by atoms with Crippen LogP contribution in [0.4, 0.5) is 0 Å². The molecule has 1 amide bonds. The van der Waals surface area contributed by atoms with Gasteiger partial charge in [0, 0.05) is 30.3 Å². The van der Waals surface area contributed by atoms with Crippen molar-refractivity contribution < 1.29 is 24.1 Å². The van der Waals surface area contributed by atoms with Gasteiger partial charge in [-0.2, -0.15) is 0 Å². The summed E-state index contributed by atoms with van der Waals surface area (Å²) in [6.07, 6.45) is 3.26. The maximum Gasteiger partial charge on any atom is 0.255 e. The molecule has 0 saturated carbocycles. The van der Waals surface area contributed by atoms with Gasteiger partial charge in [0.1, 0.15) is 17.1 Å². The van der Waals surface area contributed by atoms with Crippen molar-refractivity contribution in [1.29, 1.82) is 0 Å².